The van der Waals surface area contributed by atoms with Crippen molar-refractivity contribution in [2.75, 3.05) is 27.7 Å². The smallest absolute Gasteiger partial charge is 0.215 e. The van der Waals surface area contributed by atoms with Gasteiger partial charge in [-0.05, 0) is 50.8 Å². The molecule has 0 saturated carbocycles. The number of fused-ring (bicyclic) bond motifs is 1. The molecule has 1 aromatic heterocycles. The van der Waals surface area contributed by atoms with Crippen molar-refractivity contribution in [3.8, 4) is 0 Å². The van der Waals surface area contributed by atoms with Gasteiger partial charge in [0.2, 0.25) is 10.0 Å². The highest BCUT2D eigenvalue weighted by Crippen LogP contribution is 2.23. The van der Waals surface area contributed by atoms with Crippen LogP contribution in [0.4, 0.5) is 0 Å². The van der Waals surface area contributed by atoms with Crippen LogP contribution in [0.1, 0.15) is 11.1 Å². The van der Waals surface area contributed by atoms with E-state index >= 15 is 0 Å². The van der Waals surface area contributed by atoms with Gasteiger partial charge in [-0.25, -0.2) is 13.1 Å². The quantitative estimate of drug-likeness (QED) is 0.782. The van der Waals surface area contributed by atoms with Crippen LogP contribution in [-0.4, -0.2) is 50.9 Å². The van der Waals surface area contributed by atoms with Crippen LogP contribution in [0.15, 0.2) is 24.4 Å². The van der Waals surface area contributed by atoms with Gasteiger partial charge in [0.15, 0.2) is 0 Å². The summed E-state index contributed by atoms with van der Waals surface area (Å²) in [6.07, 6.45) is 2.48. The van der Waals surface area contributed by atoms with Crippen molar-refractivity contribution in [3.63, 3.8) is 0 Å². The van der Waals surface area contributed by atoms with Crippen LogP contribution in [0.25, 0.3) is 10.9 Å². The van der Waals surface area contributed by atoms with Gasteiger partial charge in [-0.2, -0.15) is 4.73 Å². The number of nitrogens with zero attached hydrogens (tertiary/aromatic N) is 2. The lowest BCUT2D eigenvalue weighted by Gasteiger charge is -2.08. The molecule has 0 aliphatic heterocycles. The summed E-state index contributed by atoms with van der Waals surface area (Å²) in [5.74, 6) is -0.0663. The van der Waals surface area contributed by atoms with E-state index in [0.717, 1.165) is 28.6 Å². The molecular weight excluding hydrogens is 290 g/mol. The van der Waals surface area contributed by atoms with Crippen molar-refractivity contribution in [2.45, 2.75) is 12.2 Å². The summed E-state index contributed by atoms with van der Waals surface area (Å²) < 4.78 is 26.7. The Hall–Kier alpha value is -1.57. The van der Waals surface area contributed by atoms with Crippen molar-refractivity contribution >= 4 is 20.9 Å². The van der Waals surface area contributed by atoms with Crippen molar-refractivity contribution in [3.05, 3.63) is 35.5 Å². The van der Waals surface area contributed by atoms with E-state index in [1.54, 1.807) is 18.3 Å². The van der Waals surface area contributed by atoms with Gasteiger partial charge in [-0.15, -0.1) is 0 Å². The molecular formula is C14H21N3O3S. The fourth-order valence-electron chi connectivity index (χ4n) is 2.25. The number of likely N-dealkylation sites (N-methyl/N-ethyl adjacent to an activating group) is 1. The maximum Gasteiger partial charge on any atom is 0.215 e. The largest absolute Gasteiger partial charge is 0.428 e. The predicted molar refractivity (Wildman–Crippen MR) is 83.1 cm³/mol. The van der Waals surface area contributed by atoms with Crippen molar-refractivity contribution < 1.29 is 13.6 Å². The molecule has 6 nitrogen and oxygen atoms in total. The number of rotatable bonds is 6. The first-order valence-electron chi connectivity index (χ1n) is 6.70. The predicted octanol–water partition coefficient (Wildman–Crippen LogP) is 1.03. The molecule has 2 N–H and O–H groups in total. The lowest BCUT2D eigenvalue weighted by molar-refractivity contribution is 0.199. The monoisotopic (exact) mass is 311 g/mol. The third-order valence-corrected chi connectivity index (χ3v) is 4.76. The number of aromatic nitrogens is 1. The van der Waals surface area contributed by atoms with Gasteiger partial charge in [-0.3, -0.25) is 0 Å². The first-order valence-corrected chi connectivity index (χ1v) is 8.35. The van der Waals surface area contributed by atoms with E-state index in [1.807, 2.05) is 20.2 Å². The number of hydrogen-bond acceptors (Lipinski definition) is 4. The Labute approximate surface area is 125 Å². The standard InChI is InChI=1S/C14H21N3O3S/c1-15-21(19,20)10-11-4-5-14-13(8-11)12(9-17(14)18)6-7-16(2)3/h4-5,8-9,15,18H,6-7,10H2,1-3H3. The van der Waals surface area contributed by atoms with Gasteiger partial charge in [-0.1, -0.05) is 6.07 Å². The molecule has 7 heteroatoms. The lowest BCUT2D eigenvalue weighted by atomic mass is 10.1. The second-order valence-corrected chi connectivity index (χ2v) is 7.29. The van der Waals surface area contributed by atoms with Crippen molar-refractivity contribution in [1.29, 1.82) is 0 Å². The highest BCUT2D eigenvalue weighted by Gasteiger charge is 2.13. The average Bonchev–Trinajstić information content (AvgIpc) is 2.72. The number of hydrogen-bond donors (Lipinski definition) is 2. The Morgan fingerprint density at radius 2 is 2.05 bits per heavy atom. The number of nitrogens with one attached hydrogen (secondary N) is 1. The van der Waals surface area contributed by atoms with Gasteiger partial charge < -0.3 is 10.1 Å². The summed E-state index contributed by atoms with van der Waals surface area (Å²) in [5.41, 5.74) is 2.40. The molecule has 2 aromatic rings. The van der Waals surface area contributed by atoms with E-state index in [0.29, 0.717) is 11.1 Å². The summed E-state index contributed by atoms with van der Waals surface area (Å²) in [4.78, 5) is 2.07. The molecule has 2 rings (SSSR count). The first kappa shape index (κ1) is 15.8. The number of benzene rings is 1. The maximum atomic E-state index is 11.6. The van der Waals surface area contributed by atoms with Crippen LogP contribution in [0, 0.1) is 0 Å². The van der Waals surface area contributed by atoms with Crippen molar-refractivity contribution in [1.82, 2.24) is 14.4 Å². The van der Waals surface area contributed by atoms with Crippen LogP contribution in [0.5, 0.6) is 0 Å². The summed E-state index contributed by atoms with van der Waals surface area (Å²) in [6, 6.07) is 5.30. The zero-order valence-corrected chi connectivity index (χ0v) is 13.3. The molecule has 0 aliphatic rings. The highest BCUT2D eigenvalue weighted by molar-refractivity contribution is 7.88. The van der Waals surface area contributed by atoms with E-state index < -0.39 is 10.0 Å². The van der Waals surface area contributed by atoms with Gasteiger partial charge >= 0.3 is 0 Å². The van der Waals surface area contributed by atoms with Gasteiger partial charge in [0, 0.05) is 18.1 Å². The van der Waals surface area contributed by atoms with E-state index in [-0.39, 0.29) is 5.75 Å². The molecule has 1 heterocycles. The summed E-state index contributed by atoms with van der Waals surface area (Å²) in [5, 5.41) is 10.8. The van der Waals surface area contributed by atoms with Crippen molar-refractivity contribution in [2.24, 2.45) is 0 Å². The average molecular weight is 311 g/mol. The minimum absolute atomic E-state index is 0.0663. The topological polar surface area (TPSA) is 74.6 Å². The summed E-state index contributed by atoms with van der Waals surface area (Å²) in [6.45, 7) is 0.859. The third-order valence-electron chi connectivity index (χ3n) is 3.43. The third kappa shape index (κ3) is 3.75. The Balaban J connectivity index is 2.38. The molecule has 0 atom stereocenters. The van der Waals surface area contributed by atoms with E-state index in [1.165, 1.54) is 7.05 Å². The Morgan fingerprint density at radius 3 is 2.67 bits per heavy atom. The van der Waals surface area contributed by atoms with Gasteiger partial charge in [0.05, 0.1) is 11.3 Å². The SMILES string of the molecule is CNS(=O)(=O)Cc1ccc2c(c1)c(CCN(C)C)cn2O. The van der Waals surface area contributed by atoms with Crippen LogP contribution < -0.4 is 4.72 Å². The maximum absolute atomic E-state index is 11.6. The molecule has 0 amide bonds. The van der Waals surface area contributed by atoms with Gasteiger partial charge in [0.25, 0.3) is 0 Å². The normalized spacial score (nSPS) is 12.4. The fraction of sp³-hybridized carbons (Fsp3) is 0.429. The number of sulfonamides is 1. The molecule has 116 valence electrons. The molecule has 0 saturated heterocycles. The van der Waals surface area contributed by atoms with Crippen LogP contribution in [-0.2, 0) is 22.2 Å². The highest BCUT2D eigenvalue weighted by atomic mass is 32.2. The molecule has 0 bridgehead atoms. The zero-order valence-electron chi connectivity index (χ0n) is 12.5. The Bertz CT molecular complexity index is 735. The van der Waals surface area contributed by atoms with E-state index in [4.69, 9.17) is 0 Å². The van der Waals surface area contributed by atoms with Gasteiger partial charge in [0.1, 0.15) is 0 Å². The lowest BCUT2D eigenvalue weighted by Crippen LogP contribution is -2.20. The molecule has 0 aliphatic carbocycles. The molecule has 0 radical (unpaired) electrons. The van der Waals surface area contributed by atoms with Crippen LogP contribution >= 0.6 is 0 Å². The van der Waals surface area contributed by atoms with E-state index in [2.05, 4.69) is 9.62 Å². The summed E-state index contributed by atoms with van der Waals surface area (Å²) >= 11 is 0. The summed E-state index contributed by atoms with van der Waals surface area (Å²) in [7, 11) is 2.08. The second-order valence-electron chi connectivity index (χ2n) is 5.37. The zero-order chi connectivity index (χ0) is 15.6. The Kier molecular flexibility index (Phi) is 4.55. The van der Waals surface area contributed by atoms with E-state index in [9.17, 15) is 13.6 Å². The minimum atomic E-state index is -3.30. The molecule has 0 unspecified atom stereocenters. The molecule has 0 fully saturated rings. The van der Waals surface area contributed by atoms with Crippen LogP contribution in [0.3, 0.4) is 0 Å². The molecule has 0 spiro atoms. The van der Waals surface area contributed by atoms with Crippen LogP contribution in [0.2, 0.25) is 0 Å². The molecule has 1 aromatic carbocycles. The Morgan fingerprint density at radius 1 is 1.33 bits per heavy atom. The second kappa shape index (κ2) is 6.05. The minimum Gasteiger partial charge on any atom is -0.428 e. The fourth-order valence-corrected chi connectivity index (χ4v) is 3.01. The first-order chi connectivity index (χ1) is 9.82. The molecule has 21 heavy (non-hydrogen) atoms.